The summed E-state index contributed by atoms with van der Waals surface area (Å²) in [5.74, 6) is -0.550. The summed E-state index contributed by atoms with van der Waals surface area (Å²) in [7, 11) is 0. The Morgan fingerprint density at radius 2 is 1.69 bits per heavy atom. The van der Waals surface area contributed by atoms with E-state index in [0.717, 1.165) is 15.8 Å². The number of rotatable bonds is 3. The topological polar surface area (TPSA) is 81.3 Å². The lowest BCUT2D eigenvalue weighted by molar-refractivity contribution is 0.101. The van der Waals surface area contributed by atoms with E-state index in [1.54, 1.807) is 35.0 Å². The average molecular weight is 485 g/mol. The van der Waals surface area contributed by atoms with Crippen molar-refractivity contribution in [1.29, 1.82) is 0 Å². The zero-order chi connectivity index (χ0) is 22.4. The van der Waals surface area contributed by atoms with E-state index in [9.17, 15) is 9.59 Å². The molecule has 0 aliphatic carbocycles. The van der Waals surface area contributed by atoms with E-state index >= 15 is 0 Å². The van der Waals surface area contributed by atoms with Gasteiger partial charge in [-0.15, -0.1) is 0 Å². The molecule has 7 nitrogen and oxygen atoms in total. The number of aromatic nitrogens is 4. The number of hydrogen-bond acceptors (Lipinski definition) is 4. The van der Waals surface area contributed by atoms with E-state index in [-0.39, 0.29) is 16.0 Å². The lowest BCUT2D eigenvalue weighted by Gasteiger charge is -2.11. The highest BCUT2D eigenvalue weighted by Crippen LogP contribution is 2.26. The van der Waals surface area contributed by atoms with E-state index < -0.39 is 11.5 Å². The summed E-state index contributed by atoms with van der Waals surface area (Å²) in [5, 5.41) is 5.90. The summed E-state index contributed by atoms with van der Waals surface area (Å²) >= 11 is 17.9. The van der Waals surface area contributed by atoms with Gasteiger partial charge in [0.05, 0.1) is 27.7 Å². The number of carbonyl (C=O) groups is 1. The molecule has 2 aromatic carbocycles. The molecule has 0 bridgehead atoms. The van der Waals surface area contributed by atoms with Crippen LogP contribution in [0, 0.1) is 0 Å². The van der Waals surface area contributed by atoms with Crippen molar-refractivity contribution in [2.24, 2.45) is 0 Å². The molecular formula is C22H12Cl3N5O2. The molecule has 1 N–H and O–H groups in total. The van der Waals surface area contributed by atoms with Gasteiger partial charge in [-0.25, -0.2) is 14.2 Å². The van der Waals surface area contributed by atoms with Gasteiger partial charge < -0.3 is 0 Å². The summed E-state index contributed by atoms with van der Waals surface area (Å²) in [6.07, 6.45) is 4.60. The van der Waals surface area contributed by atoms with Crippen LogP contribution in [0.5, 0.6) is 0 Å². The minimum atomic E-state index is -0.550. The van der Waals surface area contributed by atoms with Crippen LogP contribution in [0.15, 0.2) is 71.9 Å². The van der Waals surface area contributed by atoms with Gasteiger partial charge in [-0.2, -0.15) is 5.10 Å². The number of fused-ring (bicyclic) bond motifs is 3. The molecule has 0 saturated heterocycles. The van der Waals surface area contributed by atoms with Crippen LogP contribution in [0.3, 0.4) is 0 Å². The van der Waals surface area contributed by atoms with Crippen LogP contribution in [0.1, 0.15) is 10.4 Å². The van der Waals surface area contributed by atoms with Crippen molar-refractivity contribution in [2.45, 2.75) is 0 Å². The number of hydrogen-bond donors (Lipinski definition) is 1. The third-order valence-electron chi connectivity index (χ3n) is 4.95. The third-order valence-corrected chi connectivity index (χ3v) is 5.75. The van der Waals surface area contributed by atoms with Gasteiger partial charge >= 0.3 is 0 Å². The molecule has 0 saturated carbocycles. The second kappa shape index (κ2) is 7.94. The molecule has 0 aliphatic heterocycles. The first-order valence-corrected chi connectivity index (χ1v) is 10.5. The summed E-state index contributed by atoms with van der Waals surface area (Å²) in [6, 6.07) is 13.5. The number of benzene rings is 2. The smallest absolute Gasteiger partial charge is 0.267 e. The summed E-state index contributed by atoms with van der Waals surface area (Å²) in [4.78, 5) is 30.0. The standard InChI is InChI=1S/C22H12Cl3N5O2/c23-13-3-1-12(2-4-13)16-11-27-30-19-7-8-29(22(32)17(19)10-26-20(16)30)28-21(31)15-6-5-14(24)9-18(15)25/h1-11H,(H,28,31). The highest BCUT2D eigenvalue weighted by molar-refractivity contribution is 6.37. The molecule has 158 valence electrons. The first-order chi connectivity index (χ1) is 15.4. The Balaban J connectivity index is 1.55. The number of halogens is 3. The van der Waals surface area contributed by atoms with E-state index in [0.29, 0.717) is 21.2 Å². The summed E-state index contributed by atoms with van der Waals surface area (Å²) in [5.41, 5.74) is 5.11. The third kappa shape index (κ3) is 3.50. The van der Waals surface area contributed by atoms with Crippen molar-refractivity contribution in [1.82, 2.24) is 19.3 Å². The Morgan fingerprint density at radius 3 is 2.44 bits per heavy atom. The van der Waals surface area contributed by atoms with Crippen molar-refractivity contribution in [3.63, 3.8) is 0 Å². The molecule has 3 heterocycles. The summed E-state index contributed by atoms with van der Waals surface area (Å²) < 4.78 is 2.66. The zero-order valence-corrected chi connectivity index (χ0v) is 18.4. The first-order valence-electron chi connectivity index (χ1n) is 9.33. The minimum absolute atomic E-state index is 0.179. The quantitative estimate of drug-likeness (QED) is 0.388. The van der Waals surface area contributed by atoms with Crippen LogP contribution in [-0.2, 0) is 0 Å². The fourth-order valence-corrected chi connectivity index (χ4v) is 4.00. The maximum Gasteiger partial charge on any atom is 0.280 e. The fraction of sp³-hybridized carbons (Fsp3) is 0. The van der Waals surface area contributed by atoms with Crippen LogP contribution in [0.4, 0.5) is 0 Å². The van der Waals surface area contributed by atoms with Gasteiger partial charge in [-0.1, -0.05) is 46.9 Å². The molecule has 0 aliphatic rings. The second-order valence-electron chi connectivity index (χ2n) is 6.91. The van der Waals surface area contributed by atoms with Gasteiger partial charge in [0.15, 0.2) is 5.65 Å². The Labute approximate surface area is 195 Å². The van der Waals surface area contributed by atoms with E-state index in [2.05, 4.69) is 15.5 Å². The number of nitrogens with zero attached hydrogens (tertiary/aromatic N) is 4. The van der Waals surface area contributed by atoms with Crippen molar-refractivity contribution in [3.8, 4) is 11.1 Å². The Bertz CT molecular complexity index is 1580. The van der Waals surface area contributed by atoms with Gasteiger partial charge in [-0.05, 0) is 42.0 Å². The molecule has 1 amide bonds. The SMILES string of the molecule is O=C(Nn1ccc2c(cnc3c(-c4ccc(Cl)cc4)cnn32)c1=O)c1ccc(Cl)cc1Cl. The number of carbonyl (C=O) groups excluding carboxylic acids is 1. The number of pyridine rings is 1. The maximum atomic E-state index is 13.0. The molecule has 0 radical (unpaired) electrons. The molecule has 10 heteroatoms. The molecule has 0 fully saturated rings. The van der Waals surface area contributed by atoms with Crippen LogP contribution in [0.25, 0.3) is 27.7 Å². The lowest BCUT2D eigenvalue weighted by atomic mass is 10.1. The second-order valence-corrected chi connectivity index (χ2v) is 8.19. The molecular weight excluding hydrogens is 473 g/mol. The normalized spacial score (nSPS) is 11.2. The number of amides is 1. The Morgan fingerprint density at radius 1 is 0.938 bits per heavy atom. The van der Waals surface area contributed by atoms with Gasteiger partial charge in [0.2, 0.25) is 0 Å². The molecule has 5 rings (SSSR count). The Kier molecular flexibility index (Phi) is 5.09. The van der Waals surface area contributed by atoms with E-state index in [4.69, 9.17) is 34.8 Å². The van der Waals surface area contributed by atoms with Crippen LogP contribution in [-0.4, -0.2) is 25.2 Å². The van der Waals surface area contributed by atoms with Gasteiger partial charge in [-0.3, -0.25) is 15.0 Å². The van der Waals surface area contributed by atoms with Gasteiger partial charge in [0, 0.05) is 28.0 Å². The maximum absolute atomic E-state index is 13.0. The molecule has 0 atom stereocenters. The van der Waals surface area contributed by atoms with Crippen LogP contribution < -0.4 is 11.0 Å². The van der Waals surface area contributed by atoms with Crippen molar-refractivity contribution < 1.29 is 4.79 Å². The van der Waals surface area contributed by atoms with Crippen molar-refractivity contribution >= 4 is 57.3 Å². The highest BCUT2D eigenvalue weighted by Gasteiger charge is 2.15. The Hall–Kier alpha value is -3.39. The minimum Gasteiger partial charge on any atom is -0.267 e. The first kappa shape index (κ1) is 20.5. The molecule has 0 unspecified atom stereocenters. The largest absolute Gasteiger partial charge is 0.280 e. The van der Waals surface area contributed by atoms with E-state index in [1.165, 1.54) is 24.5 Å². The number of nitrogens with one attached hydrogen (secondary N) is 1. The predicted molar refractivity (Wildman–Crippen MR) is 125 cm³/mol. The van der Waals surface area contributed by atoms with Crippen LogP contribution in [0.2, 0.25) is 15.1 Å². The van der Waals surface area contributed by atoms with Gasteiger partial charge in [0.1, 0.15) is 0 Å². The summed E-state index contributed by atoms with van der Waals surface area (Å²) in [6.45, 7) is 0. The highest BCUT2D eigenvalue weighted by atomic mass is 35.5. The molecule has 5 aromatic rings. The predicted octanol–water partition coefficient (Wildman–Crippen LogP) is 5.06. The van der Waals surface area contributed by atoms with Crippen LogP contribution >= 0.6 is 34.8 Å². The lowest BCUT2D eigenvalue weighted by Crippen LogP contribution is -2.33. The van der Waals surface area contributed by atoms with Gasteiger partial charge in [0.25, 0.3) is 11.5 Å². The molecule has 32 heavy (non-hydrogen) atoms. The van der Waals surface area contributed by atoms with Crippen molar-refractivity contribution in [2.75, 3.05) is 5.43 Å². The zero-order valence-electron chi connectivity index (χ0n) is 16.1. The monoisotopic (exact) mass is 483 g/mol. The average Bonchev–Trinajstić information content (AvgIpc) is 3.20. The molecule has 3 aromatic heterocycles. The molecule has 0 spiro atoms. The van der Waals surface area contributed by atoms with E-state index in [1.807, 2.05) is 12.1 Å². The van der Waals surface area contributed by atoms with Crippen molar-refractivity contribution in [3.05, 3.63) is 98.1 Å². The fourth-order valence-electron chi connectivity index (χ4n) is 3.38.